The molecule has 0 aliphatic carbocycles. The van der Waals surface area contributed by atoms with Crippen molar-refractivity contribution in [1.82, 2.24) is 9.21 Å². The molecule has 0 saturated carbocycles. The van der Waals surface area contributed by atoms with Gasteiger partial charge >= 0.3 is 0 Å². The van der Waals surface area contributed by atoms with Gasteiger partial charge in [-0.3, -0.25) is 19.7 Å². The maximum absolute atomic E-state index is 14.1. The summed E-state index contributed by atoms with van der Waals surface area (Å²) in [6.07, 6.45) is 1.74. The summed E-state index contributed by atoms with van der Waals surface area (Å²) < 4.78 is 28.5. The van der Waals surface area contributed by atoms with Crippen LogP contribution in [0, 0.1) is 10.1 Å². The second-order valence-corrected chi connectivity index (χ2v) is 13.6. The van der Waals surface area contributed by atoms with Crippen molar-refractivity contribution in [3.8, 4) is 0 Å². The molecule has 0 spiro atoms. The molecule has 11 heteroatoms. The van der Waals surface area contributed by atoms with Crippen molar-refractivity contribution >= 4 is 33.2 Å². The number of likely N-dealkylation sites (N-methyl/N-ethyl adjacent to an activating group) is 1. The molecule has 1 atom stereocenters. The van der Waals surface area contributed by atoms with Crippen molar-refractivity contribution in [2.75, 3.05) is 25.0 Å². The molecule has 2 aliphatic heterocycles. The number of rotatable bonds is 9. The second-order valence-electron chi connectivity index (χ2n) is 11.7. The molecular formula is C32H36N4O6S. The fourth-order valence-electron chi connectivity index (χ4n) is 6.21. The average molecular weight is 605 g/mol. The lowest BCUT2D eigenvalue weighted by molar-refractivity contribution is -0.387. The van der Waals surface area contributed by atoms with E-state index in [4.69, 9.17) is 0 Å². The maximum atomic E-state index is 14.1. The third-order valence-electron chi connectivity index (χ3n) is 8.72. The van der Waals surface area contributed by atoms with E-state index in [1.165, 1.54) is 25.2 Å². The van der Waals surface area contributed by atoms with E-state index in [0.717, 1.165) is 27.2 Å². The highest BCUT2D eigenvalue weighted by Gasteiger charge is 2.47. The number of likely N-dealkylation sites (tertiary alicyclic amines) is 1. The number of carbonyl (C=O) groups is 2. The Morgan fingerprint density at radius 3 is 2.28 bits per heavy atom. The first-order chi connectivity index (χ1) is 20.4. The van der Waals surface area contributed by atoms with Crippen molar-refractivity contribution in [2.45, 2.75) is 61.9 Å². The van der Waals surface area contributed by atoms with Crippen molar-refractivity contribution in [1.29, 1.82) is 0 Å². The molecule has 3 aromatic carbocycles. The predicted octanol–water partition coefficient (Wildman–Crippen LogP) is 4.53. The number of nitro groups is 1. The van der Waals surface area contributed by atoms with Crippen LogP contribution in [0.25, 0.3) is 0 Å². The van der Waals surface area contributed by atoms with Crippen LogP contribution in [0.2, 0.25) is 0 Å². The SMILES string of the molecule is CN(C(CCc1ccccc1)C(=O)N1CCC(N2C(=O)C(C)(C)c3ccccc32)CC1)S(=O)(=O)c1ccccc1[N+](=O)[O-]. The Balaban J connectivity index is 1.38. The van der Waals surface area contributed by atoms with Gasteiger partial charge in [0.05, 0.1) is 10.3 Å². The van der Waals surface area contributed by atoms with Gasteiger partial charge in [0.1, 0.15) is 6.04 Å². The van der Waals surface area contributed by atoms with Crippen LogP contribution in [-0.2, 0) is 31.4 Å². The Morgan fingerprint density at radius 1 is 1.00 bits per heavy atom. The summed E-state index contributed by atoms with van der Waals surface area (Å²) >= 11 is 0. The van der Waals surface area contributed by atoms with E-state index in [0.29, 0.717) is 32.4 Å². The molecule has 1 fully saturated rings. The molecule has 226 valence electrons. The first kappa shape index (κ1) is 30.4. The monoisotopic (exact) mass is 604 g/mol. The summed E-state index contributed by atoms with van der Waals surface area (Å²) in [4.78, 5) is 41.5. The molecular weight excluding hydrogens is 568 g/mol. The van der Waals surface area contributed by atoms with Gasteiger partial charge in [0, 0.05) is 37.9 Å². The predicted molar refractivity (Wildman–Crippen MR) is 163 cm³/mol. The molecule has 0 bridgehead atoms. The van der Waals surface area contributed by atoms with Gasteiger partial charge in [-0.2, -0.15) is 4.31 Å². The minimum atomic E-state index is -4.39. The number of sulfonamides is 1. The first-order valence-corrected chi connectivity index (χ1v) is 15.9. The number of aryl methyl sites for hydroxylation is 1. The molecule has 2 amide bonds. The van der Waals surface area contributed by atoms with Crippen LogP contribution in [0.4, 0.5) is 11.4 Å². The van der Waals surface area contributed by atoms with Crippen LogP contribution in [0.3, 0.4) is 0 Å². The van der Waals surface area contributed by atoms with Gasteiger partial charge in [-0.1, -0.05) is 60.7 Å². The van der Waals surface area contributed by atoms with Crippen molar-refractivity contribution in [3.63, 3.8) is 0 Å². The Bertz CT molecular complexity index is 1630. The summed E-state index contributed by atoms with van der Waals surface area (Å²) in [5, 5.41) is 11.7. The number of carbonyl (C=O) groups excluding carboxylic acids is 2. The minimum Gasteiger partial charge on any atom is -0.341 e. The number of hydrogen-bond donors (Lipinski definition) is 0. The summed E-state index contributed by atoms with van der Waals surface area (Å²) in [7, 11) is -3.07. The van der Waals surface area contributed by atoms with E-state index in [-0.39, 0.29) is 24.3 Å². The molecule has 0 radical (unpaired) electrons. The summed E-state index contributed by atoms with van der Waals surface area (Å²) in [6.45, 7) is 4.57. The van der Waals surface area contributed by atoms with Gasteiger partial charge in [-0.25, -0.2) is 8.42 Å². The molecule has 0 aromatic heterocycles. The van der Waals surface area contributed by atoms with Crippen molar-refractivity contribution in [2.24, 2.45) is 0 Å². The molecule has 0 N–H and O–H groups in total. The van der Waals surface area contributed by atoms with Crippen molar-refractivity contribution < 1.29 is 22.9 Å². The van der Waals surface area contributed by atoms with E-state index in [1.807, 2.05) is 73.3 Å². The molecule has 43 heavy (non-hydrogen) atoms. The average Bonchev–Trinajstić information content (AvgIpc) is 3.22. The summed E-state index contributed by atoms with van der Waals surface area (Å²) in [5.41, 5.74) is 1.66. The van der Waals surface area contributed by atoms with Gasteiger partial charge in [0.2, 0.25) is 21.8 Å². The number of nitro benzene ring substituents is 1. The fraction of sp³-hybridized carbons (Fsp3) is 0.375. The second kappa shape index (κ2) is 11.9. The van der Waals surface area contributed by atoms with Crippen LogP contribution in [0.15, 0.2) is 83.8 Å². The third-order valence-corrected chi connectivity index (χ3v) is 10.6. The lowest BCUT2D eigenvalue weighted by atomic mass is 9.86. The summed E-state index contributed by atoms with van der Waals surface area (Å²) in [6, 6.07) is 21.3. The van der Waals surface area contributed by atoms with Crippen LogP contribution >= 0.6 is 0 Å². The Hall–Kier alpha value is -4.09. The quantitative estimate of drug-likeness (QED) is 0.261. The number of anilines is 1. The van der Waals surface area contributed by atoms with Crippen molar-refractivity contribution in [3.05, 3.63) is 100 Å². The molecule has 5 rings (SSSR count). The number of nitrogens with zero attached hydrogens (tertiary/aromatic N) is 4. The number of amides is 2. The fourth-order valence-corrected chi connectivity index (χ4v) is 7.71. The Labute approximate surface area is 252 Å². The highest BCUT2D eigenvalue weighted by Crippen LogP contribution is 2.43. The van der Waals surface area contributed by atoms with Crippen LogP contribution in [-0.4, -0.2) is 66.6 Å². The number of benzene rings is 3. The van der Waals surface area contributed by atoms with E-state index in [1.54, 1.807) is 4.90 Å². The first-order valence-electron chi connectivity index (χ1n) is 14.4. The number of para-hydroxylation sites is 2. The Kier molecular flexibility index (Phi) is 8.40. The highest BCUT2D eigenvalue weighted by atomic mass is 32.2. The smallest absolute Gasteiger partial charge is 0.289 e. The lowest BCUT2D eigenvalue weighted by Gasteiger charge is -2.39. The zero-order valence-corrected chi connectivity index (χ0v) is 25.4. The van der Waals surface area contributed by atoms with E-state index in [2.05, 4.69) is 0 Å². The van der Waals surface area contributed by atoms with Crippen LogP contribution < -0.4 is 4.90 Å². The molecule has 3 aromatic rings. The normalized spacial score (nSPS) is 17.6. The molecule has 1 saturated heterocycles. The zero-order chi connectivity index (χ0) is 30.9. The zero-order valence-electron chi connectivity index (χ0n) is 24.5. The Morgan fingerprint density at radius 2 is 1.60 bits per heavy atom. The minimum absolute atomic E-state index is 0.0366. The van der Waals surface area contributed by atoms with Gasteiger partial charge < -0.3 is 9.80 Å². The molecule has 10 nitrogen and oxygen atoms in total. The summed E-state index contributed by atoms with van der Waals surface area (Å²) in [5.74, 6) is -0.318. The van der Waals surface area contributed by atoms with Crippen LogP contribution in [0.1, 0.15) is 44.2 Å². The molecule has 2 heterocycles. The largest absolute Gasteiger partial charge is 0.341 e. The molecule has 1 unspecified atom stereocenters. The third kappa shape index (κ3) is 5.66. The van der Waals surface area contributed by atoms with Gasteiger partial charge in [-0.15, -0.1) is 0 Å². The number of fused-ring (bicyclic) bond motifs is 1. The lowest BCUT2D eigenvalue weighted by Crippen LogP contribution is -2.54. The van der Waals surface area contributed by atoms with Crippen LogP contribution in [0.5, 0.6) is 0 Å². The standard InChI is InChI=1S/C32H36N4O6S/c1-32(2)25-13-7-8-14-26(25)35(31(32)38)24-19-21-34(22-20-24)30(37)28(18-17-23-11-5-4-6-12-23)33(3)43(41,42)29-16-10-9-15-27(29)36(39)40/h4-16,24,28H,17-22H2,1-3H3. The topological polar surface area (TPSA) is 121 Å². The maximum Gasteiger partial charge on any atom is 0.289 e. The van der Waals surface area contributed by atoms with Gasteiger partial charge in [-0.05, 0) is 62.8 Å². The van der Waals surface area contributed by atoms with E-state index >= 15 is 0 Å². The van der Waals surface area contributed by atoms with Gasteiger partial charge in [0.25, 0.3) is 5.69 Å². The number of piperidine rings is 1. The highest BCUT2D eigenvalue weighted by molar-refractivity contribution is 7.89. The van der Waals surface area contributed by atoms with E-state index in [9.17, 15) is 28.1 Å². The number of hydrogen-bond acceptors (Lipinski definition) is 6. The van der Waals surface area contributed by atoms with E-state index < -0.39 is 37.0 Å². The van der Waals surface area contributed by atoms with Gasteiger partial charge in [0.15, 0.2) is 4.90 Å². The molecule has 2 aliphatic rings.